The second kappa shape index (κ2) is 21.3. The minimum Gasteiger partial charge on any atom is -0.508 e. The number of halogens is 2. The number of hydrogen-bond acceptors (Lipinski definition) is 22. The number of aromatic hydroxyl groups is 2. The van der Waals surface area contributed by atoms with E-state index < -0.39 is 118 Å². The van der Waals surface area contributed by atoms with Crippen molar-refractivity contribution in [3.05, 3.63) is 130 Å². The molecule has 2 saturated carbocycles. The molecule has 5 aromatic rings. The van der Waals surface area contributed by atoms with Crippen LogP contribution in [0.25, 0.3) is 33.8 Å². The summed E-state index contributed by atoms with van der Waals surface area (Å²) >= 11 is 3.99. The number of primary amides is 2. The van der Waals surface area contributed by atoms with E-state index in [1.165, 1.54) is 0 Å². The Kier molecular flexibility index (Phi) is 14.3. The number of nitrogens with two attached hydrogens (primary N) is 2. The van der Waals surface area contributed by atoms with Gasteiger partial charge in [0.15, 0.2) is 57.3 Å². The Morgan fingerprint density at radius 2 is 0.930 bits per heavy atom. The standard InChI is InChI=1S/C33H25NO11.C19H15I2NO7.C7H7BO4/c34-32(40)27-20(35)9-16-5-15-6-19-17(13-1-3-21-23(7-13)44-11-42-21)10-18(14-2-4-22-24(8-14)45-12-43-22)28(36)26(19)29(37)25(15)30(38)33(16,41)31(27)39;20-8-4-9(21)14(24)12-7(8)2-5-1-6-3-10(23)13(18(22)28)17(27)19(6,29)16(26)11(5)15(12)25;9-8(10)5-1-2-6-7(3-5)12-4-11-6/h1-4,7-8,10,15-16,36-37,39,41H,5-6,9,11-12H2,(H2,34,40);4-6,24-25,27,29H,1-3H2,(H2,22,28);1-3,9-10H,4H2/t15-,16+,33+;5-,6+,19+;/m11./s1. The van der Waals surface area contributed by atoms with E-state index in [4.69, 9.17) is 49.9 Å². The molecular formula is C59H47BI2N2O22. The maximum Gasteiger partial charge on any atom is 0.488 e. The van der Waals surface area contributed by atoms with Gasteiger partial charge in [0.1, 0.15) is 45.7 Å². The molecule has 24 nitrogen and oxygen atoms in total. The maximum atomic E-state index is 14.0. The van der Waals surface area contributed by atoms with E-state index in [0.717, 1.165) is 3.57 Å². The zero-order valence-corrected chi connectivity index (χ0v) is 48.7. The number of carbonyl (C=O) groups excluding carboxylic acids is 6. The Hall–Kier alpha value is -8.36. The molecule has 6 atom stereocenters. The lowest BCUT2D eigenvalue weighted by Gasteiger charge is -2.46. The molecule has 86 heavy (non-hydrogen) atoms. The number of benzene rings is 5. The molecule has 2 fully saturated rings. The lowest BCUT2D eigenvalue weighted by Crippen LogP contribution is -2.58. The summed E-state index contributed by atoms with van der Waals surface area (Å²) in [5.74, 6) is -9.74. The molecule has 14 N–H and O–H groups in total. The molecule has 6 aliphatic carbocycles. The van der Waals surface area contributed by atoms with Crippen LogP contribution in [-0.2, 0) is 41.6 Å². The summed E-state index contributed by atoms with van der Waals surface area (Å²) in [6.07, 6.45) is -0.105. The van der Waals surface area contributed by atoms with E-state index in [-0.39, 0.29) is 79.8 Å². The van der Waals surface area contributed by atoms with Crippen molar-refractivity contribution in [1.29, 1.82) is 0 Å². The molecule has 442 valence electrons. The molecule has 0 bridgehead atoms. The first-order valence-electron chi connectivity index (χ1n) is 26.4. The van der Waals surface area contributed by atoms with Gasteiger partial charge in [0, 0.05) is 45.0 Å². The van der Waals surface area contributed by atoms with Gasteiger partial charge in [0.2, 0.25) is 31.9 Å². The van der Waals surface area contributed by atoms with Gasteiger partial charge in [0.25, 0.3) is 11.8 Å². The number of phenolic OH excluding ortho intramolecular Hbond substituents is 2. The highest BCUT2D eigenvalue weighted by atomic mass is 127. The summed E-state index contributed by atoms with van der Waals surface area (Å²) in [7, 11) is -1.46. The monoisotopic (exact) mass is 1400 g/mol. The quantitative estimate of drug-likeness (QED) is 0.0673. The lowest BCUT2D eigenvalue weighted by molar-refractivity contribution is -0.148. The van der Waals surface area contributed by atoms with E-state index in [2.05, 4.69) is 22.6 Å². The van der Waals surface area contributed by atoms with Crippen molar-refractivity contribution < 1.29 is 108 Å². The molecule has 5 aromatic carbocycles. The third kappa shape index (κ3) is 8.98. The first-order chi connectivity index (χ1) is 40.8. The average molecular weight is 1400 g/mol. The SMILES string of the molecule is NC(=O)C1=C(O)[C@@]2(O)C(=O)C3=C(O)c4c(O)c(-c5ccc6c(c5)OCO6)cc(-c5ccc6c(c5)OCO6)c4C[C@H]3C[C@H]2CC1=O.NC(=O)C1=C(O)[C@@]2(O)C(=O)C3=C(O)c4c(O)c(I)cc(I)c4C[C@H]3C[C@H]2CC1=O.OB(O)c1ccc2c(c1)OCO2. The molecule has 0 spiro atoms. The van der Waals surface area contributed by atoms with E-state index in [1.54, 1.807) is 60.7 Å². The van der Waals surface area contributed by atoms with Gasteiger partial charge >= 0.3 is 7.12 Å². The number of fused-ring (bicyclic) bond motifs is 9. The van der Waals surface area contributed by atoms with Crippen molar-refractivity contribution in [3.8, 4) is 68.2 Å². The molecule has 9 aliphatic rings. The second-order valence-corrected chi connectivity index (χ2v) is 24.0. The predicted molar refractivity (Wildman–Crippen MR) is 314 cm³/mol. The van der Waals surface area contributed by atoms with E-state index in [1.807, 2.05) is 28.7 Å². The molecular weight excluding hydrogens is 1350 g/mol. The summed E-state index contributed by atoms with van der Waals surface area (Å²) in [4.78, 5) is 75.9. The molecule has 14 rings (SSSR count). The van der Waals surface area contributed by atoms with Gasteiger partial charge in [-0.1, -0.05) is 18.2 Å². The Labute approximate surface area is 512 Å². The van der Waals surface area contributed by atoms with E-state index in [9.17, 15) is 69.6 Å². The van der Waals surface area contributed by atoms with Gasteiger partial charge in [-0.25, -0.2) is 0 Å². The summed E-state index contributed by atoms with van der Waals surface area (Å²) in [5, 5.41) is 107. The molecule has 3 heterocycles. The van der Waals surface area contributed by atoms with Gasteiger partial charge in [-0.15, -0.1) is 0 Å². The fourth-order valence-electron chi connectivity index (χ4n) is 13.0. The van der Waals surface area contributed by atoms with Crippen LogP contribution in [0.5, 0.6) is 46.0 Å². The average Bonchev–Trinajstić information content (AvgIpc) is 2.50. The maximum absolute atomic E-state index is 14.0. The highest BCUT2D eigenvalue weighted by molar-refractivity contribution is 14.1. The number of ether oxygens (including phenoxy) is 6. The summed E-state index contributed by atoms with van der Waals surface area (Å²) in [6.45, 7) is 0.302. The normalized spacial score (nSPS) is 24.3. The highest BCUT2D eigenvalue weighted by Crippen LogP contribution is 2.57. The number of aliphatic hydroxyl groups is 6. The van der Waals surface area contributed by atoms with Crippen molar-refractivity contribution in [3.63, 3.8) is 0 Å². The lowest BCUT2D eigenvalue weighted by atomic mass is 9.59. The molecule has 2 amide bonds. The van der Waals surface area contributed by atoms with Crippen LogP contribution in [0.1, 0.15) is 47.9 Å². The van der Waals surface area contributed by atoms with Crippen LogP contribution in [0.3, 0.4) is 0 Å². The van der Waals surface area contributed by atoms with Gasteiger partial charge in [-0.2, -0.15) is 0 Å². The summed E-state index contributed by atoms with van der Waals surface area (Å²) in [6, 6.07) is 18.8. The van der Waals surface area contributed by atoms with Crippen molar-refractivity contribution in [2.24, 2.45) is 35.1 Å². The Balaban J connectivity index is 0.000000150. The number of aliphatic hydroxyl groups excluding tert-OH is 4. The summed E-state index contributed by atoms with van der Waals surface area (Å²) in [5.41, 5.74) is 7.15. The van der Waals surface area contributed by atoms with Crippen LogP contribution < -0.4 is 45.4 Å². The van der Waals surface area contributed by atoms with Gasteiger partial charge in [-0.05, 0) is 165 Å². The number of phenols is 2. The molecule has 3 aliphatic heterocycles. The smallest absolute Gasteiger partial charge is 0.488 e. The van der Waals surface area contributed by atoms with Gasteiger partial charge in [-0.3, -0.25) is 28.8 Å². The molecule has 0 unspecified atom stereocenters. The molecule has 0 radical (unpaired) electrons. The van der Waals surface area contributed by atoms with Crippen LogP contribution in [-0.4, -0.2) is 125 Å². The zero-order valence-electron chi connectivity index (χ0n) is 44.4. The van der Waals surface area contributed by atoms with Gasteiger partial charge < -0.3 is 90.8 Å². The van der Waals surface area contributed by atoms with E-state index >= 15 is 0 Å². The number of amides is 2. The fourth-order valence-corrected chi connectivity index (χ4v) is 15.0. The first kappa shape index (κ1) is 58.0. The second-order valence-electron chi connectivity index (χ2n) is 21.7. The van der Waals surface area contributed by atoms with Crippen LogP contribution in [0.15, 0.2) is 101 Å². The first-order valence-corrected chi connectivity index (χ1v) is 28.6. The van der Waals surface area contributed by atoms with Crippen LogP contribution >= 0.6 is 45.2 Å². The topological polar surface area (TPSA) is 412 Å². The third-order valence-electron chi connectivity index (χ3n) is 17.1. The predicted octanol–water partition coefficient (Wildman–Crippen LogP) is 3.94. The summed E-state index contributed by atoms with van der Waals surface area (Å²) < 4.78 is 33.4. The molecule has 0 aromatic heterocycles. The largest absolute Gasteiger partial charge is 0.508 e. The van der Waals surface area contributed by atoms with Crippen molar-refractivity contribution in [2.75, 3.05) is 20.4 Å². The number of carbonyl (C=O) groups is 6. The molecule has 27 heteroatoms. The zero-order chi connectivity index (χ0) is 61.3. The van der Waals surface area contributed by atoms with Crippen LogP contribution in [0.4, 0.5) is 0 Å². The highest BCUT2D eigenvalue weighted by Gasteiger charge is 2.62. The van der Waals surface area contributed by atoms with Crippen molar-refractivity contribution in [2.45, 2.75) is 49.7 Å². The third-order valence-corrected chi connectivity index (χ3v) is 18.9. The number of rotatable bonds is 5. The van der Waals surface area contributed by atoms with E-state index in [0.29, 0.717) is 83.3 Å². The van der Waals surface area contributed by atoms with Crippen LogP contribution in [0, 0.1) is 30.8 Å². The number of Topliss-reactive ketones (excluding diaryl/α,β-unsaturated/α-hetero) is 4. The van der Waals surface area contributed by atoms with Crippen molar-refractivity contribution >= 4 is 104 Å². The van der Waals surface area contributed by atoms with Crippen molar-refractivity contribution in [1.82, 2.24) is 0 Å². The van der Waals surface area contributed by atoms with Gasteiger partial charge in [0.05, 0.1) is 14.7 Å². The Morgan fingerprint density at radius 1 is 0.512 bits per heavy atom. The fraction of sp³-hybridized carbons (Fsp3) is 0.254. The number of hydrogen-bond donors (Lipinski definition) is 12. The minimum atomic E-state index is -2.65. The molecule has 0 saturated heterocycles. The van der Waals surface area contributed by atoms with Crippen LogP contribution in [0.2, 0.25) is 0 Å². The Morgan fingerprint density at radius 3 is 1.40 bits per heavy atom. The minimum absolute atomic E-state index is 0.0220. The number of ketones is 4. The Bertz CT molecular complexity index is 4080.